The number of amides is 3. The molecule has 4 aromatic rings. The van der Waals surface area contributed by atoms with Crippen molar-refractivity contribution >= 4 is 61.6 Å². The second kappa shape index (κ2) is 9.82. The molecule has 3 N–H and O–H groups in total. The highest BCUT2D eigenvalue weighted by Crippen LogP contribution is 2.33. The normalized spacial score (nSPS) is 13.3. The molecule has 1 aliphatic rings. The molecule has 0 radical (unpaired) electrons. The molecule has 1 fully saturated rings. The van der Waals surface area contributed by atoms with Crippen molar-refractivity contribution in [1.29, 1.82) is 0 Å². The van der Waals surface area contributed by atoms with E-state index in [4.69, 9.17) is 4.98 Å². The van der Waals surface area contributed by atoms with Gasteiger partial charge in [0, 0.05) is 30.0 Å². The Labute approximate surface area is 220 Å². The summed E-state index contributed by atoms with van der Waals surface area (Å²) in [4.78, 5) is 36.6. The lowest BCUT2D eigenvalue weighted by molar-refractivity contribution is -0.117. The quantitative estimate of drug-likeness (QED) is 0.264. The number of nitrogens with zero attached hydrogens (tertiary/aromatic N) is 3. The van der Waals surface area contributed by atoms with Crippen LogP contribution in [-0.2, 0) is 10.2 Å². The van der Waals surface area contributed by atoms with E-state index >= 15 is 0 Å². The SMILES string of the molecule is CN(c1cccc(NC(=O)Nc2ccc(C(C)(C)C)cc2)c1)c1ccc2nc(NC(=O)C3CC3)sc2n1. The van der Waals surface area contributed by atoms with Crippen molar-refractivity contribution in [3.05, 3.63) is 66.2 Å². The zero-order valence-electron chi connectivity index (χ0n) is 21.3. The number of hydrogen-bond donors (Lipinski definition) is 3. The minimum atomic E-state index is -0.312. The Morgan fingerprint density at radius 1 is 0.919 bits per heavy atom. The van der Waals surface area contributed by atoms with E-state index < -0.39 is 0 Å². The van der Waals surface area contributed by atoms with E-state index in [-0.39, 0.29) is 23.3 Å². The lowest BCUT2D eigenvalue weighted by Gasteiger charge is -2.20. The van der Waals surface area contributed by atoms with Crippen molar-refractivity contribution < 1.29 is 9.59 Å². The number of urea groups is 1. The van der Waals surface area contributed by atoms with Gasteiger partial charge in [0.1, 0.15) is 16.2 Å². The molecule has 2 heterocycles. The van der Waals surface area contributed by atoms with Crippen LogP contribution in [0.15, 0.2) is 60.7 Å². The molecule has 5 rings (SSSR count). The molecule has 0 aliphatic heterocycles. The number of thiazole rings is 1. The van der Waals surface area contributed by atoms with Crippen LogP contribution in [-0.4, -0.2) is 29.0 Å². The van der Waals surface area contributed by atoms with E-state index in [0.717, 1.165) is 40.4 Å². The van der Waals surface area contributed by atoms with Crippen molar-refractivity contribution in [2.24, 2.45) is 5.92 Å². The third-order valence-corrected chi connectivity index (χ3v) is 7.14. The maximum atomic E-state index is 12.6. The highest BCUT2D eigenvalue weighted by atomic mass is 32.1. The van der Waals surface area contributed by atoms with Gasteiger partial charge in [-0.3, -0.25) is 4.79 Å². The van der Waals surface area contributed by atoms with Crippen LogP contribution < -0.4 is 20.9 Å². The summed E-state index contributed by atoms with van der Waals surface area (Å²) >= 11 is 1.37. The average molecular weight is 515 g/mol. The molecular formula is C28H30N6O2S. The third-order valence-electron chi connectivity index (χ3n) is 6.26. The van der Waals surface area contributed by atoms with Crippen molar-refractivity contribution in [3.8, 4) is 0 Å². The summed E-state index contributed by atoms with van der Waals surface area (Å²) < 4.78 is 0. The van der Waals surface area contributed by atoms with Gasteiger partial charge in [-0.15, -0.1) is 0 Å². The molecule has 0 bridgehead atoms. The molecule has 0 unspecified atom stereocenters. The second-order valence-electron chi connectivity index (χ2n) is 10.3. The molecule has 0 spiro atoms. The number of hydrogen-bond acceptors (Lipinski definition) is 6. The molecule has 37 heavy (non-hydrogen) atoms. The summed E-state index contributed by atoms with van der Waals surface area (Å²) in [5, 5.41) is 9.25. The summed E-state index contributed by atoms with van der Waals surface area (Å²) in [5.74, 6) is 0.891. The van der Waals surface area contributed by atoms with Crippen LogP contribution in [0.3, 0.4) is 0 Å². The number of anilines is 5. The first-order valence-electron chi connectivity index (χ1n) is 12.3. The molecule has 1 aliphatic carbocycles. The Morgan fingerprint density at radius 2 is 1.65 bits per heavy atom. The number of nitrogens with one attached hydrogen (secondary N) is 3. The van der Waals surface area contributed by atoms with Gasteiger partial charge in [-0.25, -0.2) is 14.8 Å². The first-order chi connectivity index (χ1) is 17.7. The van der Waals surface area contributed by atoms with Gasteiger partial charge in [0.25, 0.3) is 0 Å². The molecular weight excluding hydrogens is 484 g/mol. The maximum absolute atomic E-state index is 12.6. The number of fused-ring (bicyclic) bond motifs is 1. The van der Waals surface area contributed by atoms with E-state index in [1.807, 2.05) is 72.6 Å². The van der Waals surface area contributed by atoms with Gasteiger partial charge in [-0.2, -0.15) is 0 Å². The van der Waals surface area contributed by atoms with E-state index in [1.54, 1.807) is 0 Å². The molecule has 2 aromatic carbocycles. The van der Waals surface area contributed by atoms with Gasteiger partial charge in [0.2, 0.25) is 5.91 Å². The van der Waals surface area contributed by atoms with Gasteiger partial charge in [0.15, 0.2) is 5.13 Å². The smallest absolute Gasteiger partial charge is 0.323 e. The average Bonchev–Trinajstić information content (AvgIpc) is 3.63. The number of carbonyl (C=O) groups is 2. The van der Waals surface area contributed by atoms with Gasteiger partial charge in [-0.1, -0.05) is 50.3 Å². The topological polar surface area (TPSA) is 99.3 Å². The van der Waals surface area contributed by atoms with Crippen LogP contribution in [0, 0.1) is 5.92 Å². The van der Waals surface area contributed by atoms with E-state index in [9.17, 15) is 9.59 Å². The Bertz CT molecular complexity index is 1450. The van der Waals surface area contributed by atoms with E-state index in [2.05, 4.69) is 41.7 Å². The summed E-state index contributed by atoms with van der Waals surface area (Å²) in [6.07, 6.45) is 1.90. The molecule has 8 nitrogen and oxygen atoms in total. The van der Waals surface area contributed by atoms with Crippen LogP contribution >= 0.6 is 11.3 Å². The maximum Gasteiger partial charge on any atom is 0.323 e. The summed E-state index contributed by atoms with van der Waals surface area (Å²) in [6.45, 7) is 6.47. The standard InChI is InChI=1S/C28H30N6O2S/c1-28(2,3)18-10-12-19(13-11-18)29-26(36)30-20-6-5-7-21(16-20)34(4)23-15-14-22-25(32-23)37-27(31-22)33-24(35)17-8-9-17/h5-7,10-17H,8-9H2,1-4H3,(H2,29,30,36)(H,31,33,35). The van der Waals surface area contributed by atoms with Crippen molar-refractivity contribution in [2.75, 3.05) is 27.9 Å². The van der Waals surface area contributed by atoms with Gasteiger partial charge < -0.3 is 20.9 Å². The summed E-state index contributed by atoms with van der Waals surface area (Å²) in [7, 11) is 1.92. The molecule has 9 heteroatoms. The van der Waals surface area contributed by atoms with Crippen molar-refractivity contribution in [3.63, 3.8) is 0 Å². The van der Waals surface area contributed by atoms with Gasteiger partial charge in [0.05, 0.1) is 0 Å². The summed E-state index contributed by atoms with van der Waals surface area (Å²) in [6, 6.07) is 18.9. The zero-order valence-corrected chi connectivity index (χ0v) is 22.1. The molecule has 1 saturated carbocycles. The van der Waals surface area contributed by atoms with Crippen molar-refractivity contribution in [2.45, 2.75) is 39.0 Å². The predicted molar refractivity (Wildman–Crippen MR) is 151 cm³/mol. The minimum absolute atomic E-state index is 0.0340. The van der Waals surface area contributed by atoms with Crippen LogP contribution in [0.5, 0.6) is 0 Å². The van der Waals surface area contributed by atoms with Crippen LogP contribution in [0.25, 0.3) is 10.3 Å². The molecule has 190 valence electrons. The number of benzene rings is 2. The first-order valence-corrected chi connectivity index (χ1v) is 13.1. The van der Waals surface area contributed by atoms with Gasteiger partial charge in [-0.05, 0) is 66.3 Å². The Morgan fingerprint density at radius 3 is 2.35 bits per heavy atom. The van der Waals surface area contributed by atoms with Gasteiger partial charge >= 0.3 is 6.03 Å². The fourth-order valence-electron chi connectivity index (χ4n) is 3.87. The van der Waals surface area contributed by atoms with E-state index in [1.165, 1.54) is 16.9 Å². The molecule has 3 amide bonds. The predicted octanol–water partition coefficient (Wildman–Crippen LogP) is 6.75. The van der Waals surface area contributed by atoms with Crippen LogP contribution in [0.4, 0.5) is 32.8 Å². The van der Waals surface area contributed by atoms with Crippen LogP contribution in [0.2, 0.25) is 0 Å². The lowest BCUT2D eigenvalue weighted by atomic mass is 9.87. The van der Waals surface area contributed by atoms with E-state index in [0.29, 0.717) is 10.8 Å². The summed E-state index contributed by atoms with van der Waals surface area (Å²) in [5.41, 5.74) is 4.27. The van der Waals surface area contributed by atoms with Crippen molar-refractivity contribution in [1.82, 2.24) is 9.97 Å². The highest BCUT2D eigenvalue weighted by Gasteiger charge is 2.30. The Hall–Kier alpha value is -3.98. The number of aromatic nitrogens is 2. The minimum Gasteiger partial charge on any atom is -0.329 e. The lowest BCUT2D eigenvalue weighted by Crippen LogP contribution is -2.20. The number of carbonyl (C=O) groups excluding carboxylic acids is 2. The zero-order chi connectivity index (χ0) is 26.2. The fraction of sp³-hybridized carbons (Fsp3) is 0.286. The number of pyridine rings is 1. The largest absolute Gasteiger partial charge is 0.329 e. The third kappa shape index (κ3) is 5.89. The molecule has 0 atom stereocenters. The second-order valence-corrected chi connectivity index (χ2v) is 11.3. The number of rotatable bonds is 6. The highest BCUT2D eigenvalue weighted by molar-refractivity contribution is 7.22. The van der Waals surface area contributed by atoms with Crippen LogP contribution in [0.1, 0.15) is 39.2 Å². The molecule has 0 saturated heterocycles. The first kappa shape index (κ1) is 24.7. The molecule has 2 aromatic heterocycles. The fourth-order valence-corrected chi connectivity index (χ4v) is 4.71. The Balaban J connectivity index is 1.25. The monoisotopic (exact) mass is 514 g/mol. The Kier molecular flexibility index (Phi) is 6.55.